The van der Waals surface area contributed by atoms with Crippen molar-refractivity contribution in [2.75, 3.05) is 13.2 Å². The lowest BCUT2D eigenvalue weighted by molar-refractivity contribution is -0.167. The molecule has 0 bridgehead atoms. The molecule has 0 aliphatic heterocycles. The van der Waals surface area contributed by atoms with Crippen LogP contribution in [0, 0.1) is 0 Å². The first-order valence-electron chi connectivity index (χ1n) is 23.2. The number of hydrogen-bond acceptors (Lipinski definition) is 6. The minimum absolute atomic E-state index is 0.0689. The molecule has 0 heterocycles. The predicted octanol–water partition coefficient (Wildman–Crippen LogP) is 14.6. The van der Waals surface area contributed by atoms with Gasteiger partial charge in [0.25, 0.3) is 0 Å². The van der Waals surface area contributed by atoms with Crippen LogP contribution in [0.4, 0.5) is 0 Å². The van der Waals surface area contributed by atoms with E-state index in [1.807, 2.05) is 0 Å². The molecule has 312 valence electrons. The fourth-order valence-corrected chi connectivity index (χ4v) is 6.72. The summed E-state index contributed by atoms with van der Waals surface area (Å²) in [4.78, 5) is 37.7. The van der Waals surface area contributed by atoms with E-state index in [4.69, 9.17) is 14.2 Å². The molecule has 0 amide bonds. The number of carbonyl (C=O) groups excluding carboxylic acids is 3. The molecule has 0 aliphatic rings. The van der Waals surface area contributed by atoms with Gasteiger partial charge in [-0.05, 0) is 38.5 Å². The van der Waals surface area contributed by atoms with Crippen LogP contribution >= 0.6 is 0 Å². The van der Waals surface area contributed by atoms with Crippen molar-refractivity contribution in [1.82, 2.24) is 0 Å². The van der Waals surface area contributed by atoms with Crippen molar-refractivity contribution < 1.29 is 28.6 Å². The molecule has 0 N–H and O–H groups in total. The monoisotopic (exact) mass is 749 g/mol. The molecule has 6 nitrogen and oxygen atoms in total. The minimum Gasteiger partial charge on any atom is -0.462 e. The maximum Gasteiger partial charge on any atom is 0.306 e. The highest BCUT2D eigenvalue weighted by Gasteiger charge is 2.19. The van der Waals surface area contributed by atoms with Gasteiger partial charge in [-0.1, -0.05) is 206 Å². The molecule has 0 rings (SSSR count). The number of allylic oxidation sites excluding steroid dienone is 2. The smallest absolute Gasteiger partial charge is 0.306 e. The molecule has 53 heavy (non-hydrogen) atoms. The Morgan fingerprint density at radius 2 is 0.642 bits per heavy atom. The average Bonchev–Trinajstić information content (AvgIpc) is 3.15. The molecule has 0 radical (unpaired) electrons. The van der Waals surface area contributed by atoms with Gasteiger partial charge in [0.05, 0.1) is 0 Å². The van der Waals surface area contributed by atoms with Crippen LogP contribution in [-0.2, 0) is 28.6 Å². The third-order valence-electron chi connectivity index (χ3n) is 10.3. The number of unbranched alkanes of at least 4 members (excludes halogenated alkanes) is 29. The molecule has 0 aliphatic carbocycles. The second kappa shape index (κ2) is 42.9. The Labute approximate surface area is 329 Å². The van der Waals surface area contributed by atoms with Gasteiger partial charge >= 0.3 is 17.9 Å². The van der Waals surface area contributed by atoms with E-state index in [9.17, 15) is 14.4 Å². The summed E-state index contributed by atoms with van der Waals surface area (Å²) in [7, 11) is 0. The summed E-state index contributed by atoms with van der Waals surface area (Å²) in [6, 6.07) is 0. The summed E-state index contributed by atoms with van der Waals surface area (Å²) in [5.41, 5.74) is 0. The molecule has 0 spiro atoms. The van der Waals surface area contributed by atoms with Crippen molar-refractivity contribution in [3.8, 4) is 0 Å². The van der Waals surface area contributed by atoms with Crippen molar-refractivity contribution in [1.29, 1.82) is 0 Å². The second-order valence-corrected chi connectivity index (χ2v) is 15.7. The topological polar surface area (TPSA) is 78.9 Å². The maximum atomic E-state index is 12.7. The zero-order chi connectivity index (χ0) is 38.7. The fourth-order valence-electron chi connectivity index (χ4n) is 6.72. The average molecular weight is 749 g/mol. The van der Waals surface area contributed by atoms with Gasteiger partial charge in [0.1, 0.15) is 13.2 Å². The summed E-state index contributed by atoms with van der Waals surface area (Å²) in [5, 5.41) is 0. The van der Waals surface area contributed by atoms with E-state index < -0.39 is 6.10 Å². The Balaban J connectivity index is 4.34. The number of carbonyl (C=O) groups is 3. The highest BCUT2D eigenvalue weighted by Crippen LogP contribution is 2.15. The van der Waals surface area contributed by atoms with E-state index in [-0.39, 0.29) is 31.1 Å². The van der Waals surface area contributed by atoms with Crippen molar-refractivity contribution in [2.45, 2.75) is 258 Å². The van der Waals surface area contributed by atoms with Crippen LogP contribution < -0.4 is 0 Å². The highest BCUT2D eigenvalue weighted by molar-refractivity contribution is 5.71. The maximum absolute atomic E-state index is 12.7. The zero-order valence-electron chi connectivity index (χ0n) is 35.6. The SMILES string of the molecule is CCCC/C=C\CCCCCCCC(=O)O[C@@H](COC(=O)CCCCCCCCCCCCC)COC(=O)CCCCCCCCCCCCCCC. The minimum atomic E-state index is -0.765. The number of ether oxygens (including phenoxy) is 3. The van der Waals surface area contributed by atoms with Gasteiger partial charge < -0.3 is 14.2 Å². The molecular formula is C47H88O6. The van der Waals surface area contributed by atoms with Crippen LogP contribution in [-0.4, -0.2) is 37.2 Å². The molecule has 0 fully saturated rings. The number of esters is 3. The fraction of sp³-hybridized carbons (Fsp3) is 0.894. The first-order valence-corrected chi connectivity index (χ1v) is 23.2. The molecule has 0 aromatic carbocycles. The number of hydrogen-bond donors (Lipinski definition) is 0. The van der Waals surface area contributed by atoms with Gasteiger partial charge in [0.15, 0.2) is 6.10 Å². The van der Waals surface area contributed by atoms with Gasteiger partial charge in [-0.2, -0.15) is 0 Å². The van der Waals surface area contributed by atoms with Crippen LogP contribution in [0.2, 0.25) is 0 Å². The molecule has 6 heteroatoms. The van der Waals surface area contributed by atoms with Crippen LogP contribution in [0.5, 0.6) is 0 Å². The zero-order valence-corrected chi connectivity index (χ0v) is 35.6. The van der Waals surface area contributed by atoms with Crippen LogP contribution in [0.25, 0.3) is 0 Å². The molecule has 0 unspecified atom stereocenters. The van der Waals surface area contributed by atoms with Gasteiger partial charge in [-0.15, -0.1) is 0 Å². The van der Waals surface area contributed by atoms with Crippen molar-refractivity contribution in [3.63, 3.8) is 0 Å². The summed E-state index contributed by atoms with van der Waals surface area (Å²) >= 11 is 0. The summed E-state index contributed by atoms with van der Waals surface area (Å²) in [5.74, 6) is -0.870. The summed E-state index contributed by atoms with van der Waals surface area (Å²) in [6.45, 7) is 6.60. The molecule has 1 atom stereocenters. The van der Waals surface area contributed by atoms with Crippen molar-refractivity contribution >= 4 is 17.9 Å². The lowest BCUT2D eigenvalue weighted by Gasteiger charge is -2.18. The Bertz CT molecular complexity index is 824. The Morgan fingerprint density at radius 3 is 1.00 bits per heavy atom. The van der Waals surface area contributed by atoms with E-state index >= 15 is 0 Å². The predicted molar refractivity (Wildman–Crippen MR) is 224 cm³/mol. The van der Waals surface area contributed by atoms with Crippen molar-refractivity contribution in [2.24, 2.45) is 0 Å². The lowest BCUT2D eigenvalue weighted by atomic mass is 10.0. The van der Waals surface area contributed by atoms with E-state index in [1.54, 1.807) is 0 Å². The molecule has 0 aromatic rings. The van der Waals surface area contributed by atoms with E-state index in [1.165, 1.54) is 148 Å². The van der Waals surface area contributed by atoms with Crippen LogP contribution in [0.3, 0.4) is 0 Å². The van der Waals surface area contributed by atoms with Gasteiger partial charge in [-0.3, -0.25) is 14.4 Å². The third-order valence-corrected chi connectivity index (χ3v) is 10.3. The van der Waals surface area contributed by atoms with Crippen molar-refractivity contribution in [3.05, 3.63) is 12.2 Å². The van der Waals surface area contributed by atoms with Gasteiger partial charge in [0, 0.05) is 19.3 Å². The molecule has 0 aromatic heterocycles. The molecule has 0 saturated carbocycles. The Morgan fingerprint density at radius 1 is 0.358 bits per heavy atom. The van der Waals surface area contributed by atoms with Crippen LogP contribution in [0.1, 0.15) is 252 Å². The number of rotatable bonds is 42. The first-order chi connectivity index (χ1) is 26.0. The largest absolute Gasteiger partial charge is 0.462 e. The van der Waals surface area contributed by atoms with Crippen LogP contribution in [0.15, 0.2) is 12.2 Å². The highest BCUT2D eigenvalue weighted by atomic mass is 16.6. The lowest BCUT2D eigenvalue weighted by Crippen LogP contribution is -2.30. The van der Waals surface area contributed by atoms with Gasteiger partial charge in [-0.25, -0.2) is 0 Å². The standard InChI is InChI=1S/C47H88O6/c1-4-7-10-13-16-19-22-23-26-28-31-34-37-40-46(49)52-43-44(53-47(50)41-38-35-32-29-25-21-18-15-12-9-6-3)42-51-45(48)39-36-33-30-27-24-20-17-14-11-8-5-2/h15,18,44H,4-14,16-17,19-43H2,1-3H3/b18-15-/t44-/m0/s1. The third kappa shape index (κ3) is 41.2. The Kier molecular flexibility index (Phi) is 41.4. The normalized spacial score (nSPS) is 12.0. The Hall–Kier alpha value is -1.85. The summed E-state index contributed by atoms with van der Waals surface area (Å²) in [6.07, 6.45) is 44.7. The van der Waals surface area contributed by atoms with E-state index in [2.05, 4.69) is 32.9 Å². The second-order valence-electron chi connectivity index (χ2n) is 15.7. The first kappa shape index (κ1) is 51.1. The van der Waals surface area contributed by atoms with Gasteiger partial charge in [0.2, 0.25) is 0 Å². The molecule has 0 saturated heterocycles. The summed E-state index contributed by atoms with van der Waals surface area (Å²) < 4.78 is 16.7. The van der Waals surface area contributed by atoms with E-state index in [0.29, 0.717) is 19.3 Å². The molecular weight excluding hydrogens is 661 g/mol. The van der Waals surface area contributed by atoms with E-state index in [0.717, 1.165) is 64.2 Å². The quantitative estimate of drug-likeness (QED) is 0.0268.